The van der Waals surface area contributed by atoms with E-state index in [1.807, 2.05) is 0 Å². The second-order valence-electron chi connectivity index (χ2n) is 5.02. The minimum Gasteiger partial charge on any atom is -0.391 e. The van der Waals surface area contributed by atoms with E-state index < -0.39 is 0 Å². The van der Waals surface area contributed by atoms with Crippen LogP contribution in [0.15, 0.2) is 0 Å². The van der Waals surface area contributed by atoms with Gasteiger partial charge < -0.3 is 9.84 Å². The summed E-state index contributed by atoms with van der Waals surface area (Å²) in [6, 6.07) is 0.717. The molecule has 0 aromatic rings. The molecule has 1 aliphatic heterocycles. The summed E-state index contributed by atoms with van der Waals surface area (Å²) in [6.45, 7) is 10.3. The minimum atomic E-state index is -0.192. The van der Waals surface area contributed by atoms with Crippen LogP contribution in [0.4, 0.5) is 0 Å². The molecular weight excluding hydrogens is 202 g/mol. The topological polar surface area (TPSA) is 32.7 Å². The number of hydrogen-bond acceptors (Lipinski definition) is 3. The van der Waals surface area contributed by atoms with Crippen LogP contribution in [0.2, 0.25) is 0 Å². The lowest BCUT2D eigenvalue weighted by molar-refractivity contribution is -0.0886. The summed E-state index contributed by atoms with van der Waals surface area (Å²) in [5.74, 6) is 0. The summed E-state index contributed by atoms with van der Waals surface area (Å²) in [5.41, 5.74) is 0. The highest BCUT2D eigenvalue weighted by atomic mass is 16.5. The predicted molar refractivity (Wildman–Crippen MR) is 66.6 cm³/mol. The van der Waals surface area contributed by atoms with E-state index in [1.54, 1.807) is 0 Å². The Hall–Kier alpha value is -0.120. The summed E-state index contributed by atoms with van der Waals surface area (Å²) in [6.07, 6.45) is 3.06. The van der Waals surface area contributed by atoms with Crippen LogP contribution in [0.1, 0.15) is 47.0 Å². The van der Waals surface area contributed by atoms with Crippen molar-refractivity contribution in [3.63, 3.8) is 0 Å². The van der Waals surface area contributed by atoms with Crippen molar-refractivity contribution in [1.29, 1.82) is 0 Å². The van der Waals surface area contributed by atoms with Crippen molar-refractivity contribution in [2.45, 2.75) is 71.2 Å². The fourth-order valence-corrected chi connectivity index (χ4v) is 2.61. The van der Waals surface area contributed by atoms with Gasteiger partial charge in [-0.2, -0.15) is 0 Å². The molecule has 3 heteroatoms. The average Bonchev–Trinajstić information content (AvgIpc) is 2.24. The zero-order valence-electron chi connectivity index (χ0n) is 11.1. The molecule has 3 nitrogen and oxygen atoms in total. The van der Waals surface area contributed by atoms with Gasteiger partial charge in [-0.3, -0.25) is 4.90 Å². The summed E-state index contributed by atoms with van der Waals surface area (Å²) >= 11 is 0. The first kappa shape index (κ1) is 13.9. The van der Waals surface area contributed by atoms with Crippen molar-refractivity contribution in [2.24, 2.45) is 0 Å². The third kappa shape index (κ3) is 3.44. The van der Waals surface area contributed by atoms with Gasteiger partial charge in [0.05, 0.1) is 18.8 Å². The van der Waals surface area contributed by atoms with Crippen molar-refractivity contribution in [3.8, 4) is 0 Å². The molecule has 0 aliphatic carbocycles. The number of ether oxygens (including phenoxy) is 1. The highest BCUT2D eigenvalue weighted by molar-refractivity contribution is 4.85. The van der Waals surface area contributed by atoms with Crippen LogP contribution in [0.5, 0.6) is 0 Å². The monoisotopic (exact) mass is 229 g/mol. The zero-order chi connectivity index (χ0) is 12.1. The average molecular weight is 229 g/mol. The summed E-state index contributed by atoms with van der Waals surface area (Å²) in [5, 5.41) is 10.2. The van der Waals surface area contributed by atoms with Gasteiger partial charge in [0.1, 0.15) is 0 Å². The third-order valence-electron chi connectivity index (χ3n) is 3.53. The van der Waals surface area contributed by atoms with E-state index in [9.17, 15) is 5.11 Å². The Balaban J connectivity index is 2.62. The highest BCUT2D eigenvalue weighted by Gasteiger charge is 2.32. The molecule has 0 spiro atoms. The Morgan fingerprint density at radius 2 is 2.06 bits per heavy atom. The van der Waals surface area contributed by atoms with E-state index in [2.05, 4.69) is 32.6 Å². The number of aliphatic hydroxyl groups excluding tert-OH is 1. The van der Waals surface area contributed by atoms with Crippen molar-refractivity contribution < 1.29 is 9.84 Å². The fraction of sp³-hybridized carbons (Fsp3) is 1.00. The van der Waals surface area contributed by atoms with E-state index in [4.69, 9.17) is 4.74 Å². The van der Waals surface area contributed by atoms with Gasteiger partial charge in [-0.1, -0.05) is 20.3 Å². The number of nitrogens with zero attached hydrogens (tertiary/aromatic N) is 1. The second kappa shape index (κ2) is 6.58. The second-order valence-corrected chi connectivity index (χ2v) is 5.02. The van der Waals surface area contributed by atoms with Gasteiger partial charge in [0.2, 0.25) is 0 Å². The van der Waals surface area contributed by atoms with Crippen molar-refractivity contribution in [2.75, 3.05) is 13.2 Å². The summed E-state index contributed by atoms with van der Waals surface area (Å²) < 4.78 is 5.63. The Bertz CT molecular complexity index is 198. The maximum Gasteiger partial charge on any atom is 0.0695 e. The molecule has 0 aromatic heterocycles. The summed E-state index contributed by atoms with van der Waals surface area (Å²) in [7, 11) is 0. The van der Waals surface area contributed by atoms with Crippen LogP contribution in [0.25, 0.3) is 0 Å². The van der Waals surface area contributed by atoms with Crippen molar-refractivity contribution in [1.82, 2.24) is 4.90 Å². The Labute approximate surface area is 99.8 Å². The molecule has 1 N–H and O–H groups in total. The molecule has 1 heterocycles. The van der Waals surface area contributed by atoms with Gasteiger partial charge in [0.15, 0.2) is 0 Å². The van der Waals surface area contributed by atoms with Crippen LogP contribution in [-0.4, -0.2) is 47.4 Å². The molecule has 0 radical (unpaired) electrons. The van der Waals surface area contributed by atoms with Crippen LogP contribution in [0, 0.1) is 0 Å². The Morgan fingerprint density at radius 3 is 2.62 bits per heavy atom. The van der Waals surface area contributed by atoms with Crippen molar-refractivity contribution in [3.05, 3.63) is 0 Å². The lowest BCUT2D eigenvalue weighted by Crippen LogP contribution is -2.55. The number of aliphatic hydroxyl groups is 1. The van der Waals surface area contributed by atoms with Gasteiger partial charge in [-0.25, -0.2) is 0 Å². The van der Waals surface area contributed by atoms with E-state index in [0.29, 0.717) is 18.2 Å². The first-order chi connectivity index (χ1) is 7.60. The largest absolute Gasteiger partial charge is 0.391 e. The molecule has 4 unspecified atom stereocenters. The SMILES string of the molecule is CCCC(O)C(CC)N1CC(C)OCC1C. The molecule has 0 bridgehead atoms. The molecule has 0 saturated carbocycles. The van der Waals surface area contributed by atoms with Crippen LogP contribution < -0.4 is 0 Å². The van der Waals surface area contributed by atoms with Crippen LogP contribution in [0.3, 0.4) is 0 Å². The lowest BCUT2D eigenvalue weighted by atomic mass is 9.99. The molecule has 4 atom stereocenters. The lowest BCUT2D eigenvalue weighted by Gasteiger charge is -2.43. The van der Waals surface area contributed by atoms with E-state index in [-0.39, 0.29) is 6.10 Å². The molecule has 1 saturated heterocycles. The highest BCUT2D eigenvalue weighted by Crippen LogP contribution is 2.20. The molecular formula is C13H27NO2. The summed E-state index contributed by atoms with van der Waals surface area (Å²) in [4.78, 5) is 2.43. The number of morpholine rings is 1. The Kier molecular flexibility index (Phi) is 5.73. The van der Waals surface area contributed by atoms with Gasteiger partial charge in [0.25, 0.3) is 0 Å². The minimum absolute atomic E-state index is 0.192. The van der Waals surface area contributed by atoms with Crippen LogP contribution in [-0.2, 0) is 4.74 Å². The maximum atomic E-state index is 10.2. The van der Waals surface area contributed by atoms with Gasteiger partial charge in [0, 0.05) is 18.6 Å². The van der Waals surface area contributed by atoms with Crippen LogP contribution >= 0.6 is 0 Å². The number of rotatable bonds is 5. The maximum absolute atomic E-state index is 10.2. The molecule has 0 amide bonds. The molecule has 96 valence electrons. The third-order valence-corrected chi connectivity index (χ3v) is 3.53. The molecule has 1 fully saturated rings. The van der Waals surface area contributed by atoms with E-state index >= 15 is 0 Å². The fourth-order valence-electron chi connectivity index (χ4n) is 2.61. The normalized spacial score (nSPS) is 31.3. The quantitative estimate of drug-likeness (QED) is 0.783. The molecule has 1 rings (SSSR count). The first-order valence-corrected chi connectivity index (χ1v) is 6.65. The van der Waals surface area contributed by atoms with Gasteiger partial charge in [-0.15, -0.1) is 0 Å². The van der Waals surface area contributed by atoms with Gasteiger partial charge in [-0.05, 0) is 26.7 Å². The standard InChI is InChI=1S/C13H27NO2/c1-5-7-13(15)12(6-2)14-8-11(4)16-9-10(14)3/h10-13,15H,5-9H2,1-4H3. The molecule has 1 aliphatic rings. The smallest absolute Gasteiger partial charge is 0.0695 e. The van der Waals surface area contributed by atoms with Gasteiger partial charge >= 0.3 is 0 Å². The molecule has 0 aromatic carbocycles. The van der Waals surface area contributed by atoms with E-state index in [1.165, 1.54) is 0 Å². The number of hydrogen-bond donors (Lipinski definition) is 1. The zero-order valence-corrected chi connectivity index (χ0v) is 11.1. The Morgan fingerprint density at radius 1 is 1.38 bits per heavy atom. The molecule has 16 heavy (non-hydrogen) atoms. The van der Waals surface area contributed by atoms with Crippen molar-refractivity contribution >= 4 is 0 Å². The first-order valence-electron chi connectivity index (χ1n) is 6.65. The predicted octanol–water partition coefficient (Wildman–Crippen LogP) is 2.04. The van der Waals surface area contributed by atoms with E-state index in [0.717, 1.165) is 32.4 Å².